The molecule has 0 aliphatic rings. The van der Waals surface area contributed by atoms with Gasteiger partial charge in [-0.05, 0) is 67.4 Å². The van der Waals surface area contributed by atoms with Crippen molar-refractivity contribution < 1.29 is 13.5 Å². The first-order valence-corrected chi connectivity index (χ1v) is 12.8. The summed E-state index contributed by atoms with van der Waals surface area (Å²) in [6.45, 7) is 3.32. The van der Waals surface area contributed by atoms with Crippen molar-refractivity contribution in [2.75, 3.05) is 6.26 Å². The van der Waals surface area contributed by atoms with E-state index in [0.717, 1.165) is 16.8 Å². The predicted octanol–water partition coefficient (Wildman–Crippen LogP) is 6.14. The van der Waals surface area contributed by atoms with Crippen LogP contribution >= 0.6 is 23.2 Å². The highest BCUT2D eigenvalue weighted by molar-refractivity contribution is 7.90. The van der Waals surface area contributed by atoms with Gasteiger partial charge >= 0.3 is 0 Å². The van der Waals surface area contributed by atoms with Crippen molar-refractivity contribution in [1.29, 1.82) is 0 Å². The largest absolute Gasteiger partial charge is 0.384 e. The van der Waals surface area contributed by atoms with Gasteiger partial charge in [0.05, 0.1) is 32.0 Å². The molecule has 0 aliphatic heterocycles. The van der Waals surface area contributed by atoms with Gasteiger partial charge < -0.3 is 5.11 Å². The SMILES string of the molecule is CC(C)(O)c1cc(-c2c(Cl)cccc2Cl)n(-c2ccc(-c3cccc(S(C)(=O)=O)c3)cc2)n1. The molecule has 0 amide bonds. The number of rotatable bonds is 5. The molecular formula is C25H22Cl2N2O3S. The maximum Gasteiger partial charge on any atom is 0.175 e. The number of aliphatic hydroxyl groups is 1. The van der Waals surface area contributed by atoms with Gasteiger partial charge in [0.1, 0.15) is 5.60 Å². The Bertz CT molecular complexity index is 1420. The monoisotopic (exact) mass is 500 g/mol. The van der Waals surface area contributed by atoms with Gasteiger partial charge in [-0.1, -0.05) is 53.5 Å². The zero-order valence-corrected chi connectivity index (χ0v) is 20.6. The lowest BCUT2D eigenvalue weighted by molar-refractivity contribution is 0.0734. The normalized spacial score (nSPS) is 12.2. The smallest absolute Gasteiger partial charge is 0.175 e. The predicted molar refractivity (Wildman–Crippen MR) is 133 cm³/mol. The number of halogens is 2. The highest BCUT2D eigenvalue weighted by Gasteiger charge is 2.25. The van der Waals surface area contributed by atoms with E-state index in [1.165, 1.54) is 6.26 Å². The Morgan fingerprint density at radius 3 is 2.06 bits per heavy atom. The third-order valence-corrected chi connectivity index (χ3v) is 7.00. The van der Waals surface area contributed by atoms with Crippen LogP contribution in [-0.4, -0.2) is 29.6 Å². The Morgan fingerprint density at radius 1 is 0.879 bits per heavy atom. The van der Waals surface area contributed by atoms with Crippen LogP contribution in [0.5, 0.6) is 0 Å². The molecule has 8 heteroatoms. The maximum atomic E-state index is 11.9. The van der Waals surface area contributed by atoms with Crippen LogP contribution in [0.3, 0.4) is 0 Å². The van der Waals surface area contributed by atoms with Crippen LogP contribution in [0.25, 0.3) is 28.1 Å². The Kier molecular flexibility index (Phi) is 6.14. The summed E-state index contributed by atoms with van der Waals surface area (Å²) in [6, 6.07) is 21.4. The van der Waals surface area contributed by atoms with Crippen molar-refractivity contribution in [2.45, 2.75) is 24.3 Å². The molecule has 0 saturated carbocycles. The number of sulfone groups is 1. The lowest BCUT2D eigenvalue weighted by Gasteiger charge is -2.13. The summed E-state index contributed by atoms with van der Waals surface area (Å²) in [6.07, 6.45) is 1.19. The second kappa shape index (κ2) is 8.61. The topological polar surface area (TPSA) is 72.2 Å². The Hall–Kier alpha value is -2.64. The fourth-order valence-corrected chi connectivity index (χ4v) is 4.76. The van der Waals surface area contributed by atoms with E-state index in [1.54, 1.807) is 61.0 Å². The lowest BCUT2D eigenvalue weighted by Crippen LogP contribution is -2.16. The lowest BCUT2D eigenvalue weighted by atomic mass is 10.0. The van der Waals surface area contributed by atoms with Gasteiger partial charge in [-0.15, -0.1) is 0 Å². The van der Waals surface area contributed by atoms with E-state index >= 15 is 0 Å². The summed E-state index contributed by atoms with van der Waals surface area (Å²) in [4.78, 5) is 0.265. The molecule has 0 spiro atoms. The minimum Gasteiger partial charge on any atom is -0.384 e. The molecule has 0 bridgehead atoms. The number of hydrogen-bond donors (Lipinski definition) is 1. The van der Waals surface area contributed by atoms with Crippen molar-refractivity contribution in [3.05, 3.63) is 88.5 Å². The fraction of sp³-hybridized carbons (Fsp3) is 0.160. The summed E-state index contributed by atoms with van der Waals surface area (Å²) in [5.41, 5.74) is 2.95. The number of benzene rings is 3. The molecule has 3 aromatic carbocycles. The Balaban J connectivity index is 1.83. The third-order valence-electron chi connectivity index (χ3n) is 5.26. The molecule has 0 fully saturated rings. The van der Waals surface area contributed by atoms with E-state index in [0.29, 0.717) is 27.0 Å². The van der Waals surface area contributed by atoms with E-state index in [4.69, 9.17) is 23.2 Å². The first-order chi connectivity index (χ1) is 15.4. The minimum atomic E-state index is -3.30. The summed E-state index contributed by atoms with van der Waals surface area (Å²) >= 11 is 12.9. The van der Waals surface area contributed by atoms with Gasteiger partial charge in [0.25, 0.3) is 0 Å². The molecule has 0 atom stereocenters. The van der Waals surface area contributed by atoms with Crippen molar-refractivity contribution in [1.82, 2.24) is 9.78 Å². The Morgan fingerprint density at radius 2 is 1.48 bits per heavy atom. The van der Waals surface area contributed by atoms with E-state index in [9.17, 15) is 13.5 Å². The molecule has 1 aromatic heterocycles. The second-order valence-electron chi connectivity index (χ2n) is 8.33. The van der Waals surface area contributed by atoms with Gasteiger partial charge in [0, 0.05) is 11.8 Å². The fourth-order valence-electron chi connectivity index (χ4n) is 3.50. The van der Waals surface area contributed by atoms with Crippen molar-refractivity contribution >= 4 is 33.0 Å². The van der Waals surface area contributed by atoms with Gasteiger partial charge in [-0.3, -0.25) is 0 Å². The first-order valence-electron chi connectivity index (χ1n) is 10.1. The van der Waals surface area contributed by atoms with E-state index in [-0.39, 0.29) is 4.90 Å². The Labute approximate surface area is 203 Å². The van der Waals surface area contributed by atoms with Crippen LogP contribution in [0.2, 0.25) is 10.0 Å². The molecule has 33 heavy (non-hydrogen) atoms. The van der Waals surface area contributed by atoms with Crippen LogP contribution < -0.4 is 0 Å². The van der Waals surface area contributed by atoms with E-state index < -0.39 is 15.4 Å². The zero-order chi connectivity index (χ0) is 24.0. The van der Waals surface area contributed by atoms with Gasteiger partial charge in [-0.2, -0.15) is 5.10 Å². The van der Waals surface area contributed by atoms with Crippen LogP contribution in [0.1, 0.15) is 19.5 Å². The van der Waals surface area contributed by atoms with Crippen LogP contribution in [-0.2, 0) is 15.4 Å². The quantitative estimate of drug-likeness (QED) is 0.356. The van der Waals surface area contributed by atoms with Crippen LogP contribution in [0.4, 0.5) is 0 Å². The summed E-state index contributed by atoms with van der Waals surface area (Å²) in [5.74, 6) is 0. The molecule has 0 unspecified atom stereocenters. The molecule has 4 aromatic rings. The molecule has 0 saturated heterocycles. The molecular weight excluding hydrogens is 479 g/mol. The third kappa shape index (κ3) is 4.84. The van der Waals surface area contributed by atoms with Crippen molar-refractivity contribution in [3.8, 4) is 28.1 Å². The van der Waals surface area contributed by atoms with Gasteiger partial charge in [0.2, 0.25) is 0 Å². The molecule has 0 aliphatic carbocycles. The maximum absolute atomic E-state index is 11.9. The van der Waals surface area contributed by atoms with Crippen molar-refractivity contribution in [2.24, 2.45) is 0 Å². The molecule has 5 nitrogen and oxygen atoms in total. The minimum absolute atomic E-state index is 0.265. The molecule has 170 valence electrons. The number of aromatic nitrogens is 2. The average Bonchev–Trinajstić information content (AvgIpc) is 3.19. The molecule has 1 heterocycles. The van der Waals surface area contributed by atoms with Gasteiger partial charge in [0.15, 0.2) is 9.84 Å². The average molecular weight is 501 g/mol. The van der Waals surface area contributed by atoms with Crippen LogP contribution in [0, 0.1) is 0 Å². The van der Waals surface area contributed by atoms with E-state index in [2.05, 4.69) is 5.10 Å². The summed E-state index contributed by atoms with van der Waals surface area (Å²) < 4.78 is 25.5. The summed E-state index contributed by atoms with van der Waals surface area (Å²) in [7, 11) is -3.30. The molecule has 4 rings (SSSR count). The number of hydrogen-bond acceptors (Lipinski definition) is 4. The number of nitrogens with zero attached hydrogens (tertiary/aromatic N) is 2. The highest BCUT2D eigenvalue weighted by Crippen LogP contribution is 2.37. The van der Waals surface area contributed by atoms with E-state index in [1.807, 2.05) is 30.3 Å². The highest BCUT2D eigenvalue weighted by atomic mass is 35.5. The van der Waals surface area contributed by atoms with Crippen LogP contribution in [0.15, 0.2) is 77.7 Å². The molecule has 1 N–H and O–H groups in total. The standard InChI is InChI=1S/C25H22Cl2N2O3S/c1-25(2,30)23-15-22(24-20(26)8-5-9-21(24)27)29(28-23)18-12-10-16(11-13-18)17-6-4-7-19(14-17)33(3,31)32/h4-15,30H,1-3H3. The van der Waals surface area contributed by atoms with Gasteiger partial charge in [-0.25, -0.2) is 13.1 Å². The first kappa shape index (κ1) is 23.5. The molecule has 0 radical (unpaired) electrons. The zero-order valence-electron chi connectivity index (χ0n) is 18.3. The van der Waals surface area contributed by atoms with Crippen molar-refractivity contribution in [3.63, 3.8) is 0 Å². The second-order valence-corrected chi connectivity index (χ2v) is 11.2. The summed E-state index contributed by atoms with van der Waals surface area (Å²) in [5, 5.41) is 16.1.